The summed E-state index contributed by atoms with van der Waals surface area (Å²) in [5.74, 6) is 5.21. The molecule has 0 saturated carbocycles. The van der Waals surface area contributed by atoms with Crippen molar-refractivity contribution in [3.8, 4) is 0 Å². The molecule has 0 aliphatic rings. The zero-order chi connectivity index (χ0) is 16.1. The number of halogens is 1. The monoisotopic (exact) mass is 340 g/mol. The Morgan fingerprint density at radius 3 is 2.86 bits per heavy atom. The number of hydrogen-bond acceptors (Lipinski definition) is 6. The summed E-state index contributed by atoms with van der Waals surface area (Å²) < 4.78 is 0.888. The molecule has 1 aromatic carbocycles. The molecule has 1 heterocycles. The van der Waals surface area contributed by atoms with Gasteiger partial charge in [-0.3, -0.25) is 9.59 Å². The van der Waals surface area contributed by atoms with E-state index in [2.05, 4.69) is 10.2 Å². The van der Waals surface area contributed by atoms with Gasteiger partial charge < -0.3 is 10.9 Å². The molecule has 0 unspecified atom stereocenters. The van der Waals surface area contributed by atoms with Crippen molar-refractivity contribution < 1.29 is 9.90 Å². The van der Waals surface area contributed by atoms with Crippen LogP contribution in [-0.4, -0.2) is 25.9 Å². The lowest BCUT2D eigenvalue weighted by molar-refractivity contribution is -0.136. The van der Waals surface area contributed by atoms with Gasteiger partial charge in [0.2, 0.25) is 5.16 Å². The number of thioether (sulfide) groups is 1. The third-order valence-corrected chi connectivity index (χ3v) is 4.01. The summed E-state index contributed by atoms with van der Waals surface area (Å²) in [7, 11) is 0. The second-order valence-corrected chi connectivity index (χ2v) is 5.80. The lowest BCUT2D eigenvalue weighted by Gasteiger charge is -2.07. The van der Waals surface area contributed by atoms with Crippen molar-refractivity contribution >= 4 is 29.3 Å². The van der Waals surface area contributed by atoms with Crippen molar-refractivity contribution in [3.05, 3.63) is 50.9 Å². The Balaban J connectivity index is 2.10. The largest absolute Gasteiger partial charge is 0.481 e. The van der Waals surface area contributed by atoms with Crippen molar-refractivity contribution in [2.75, 3.05) is 5.84 Å². The van der Waals surface area contributed by atoms with E-state index in [0.717, 1.165) is 10.2 Å². The van der Waals surface area contributed by atoms with Gasteiger partial charge in [0.1, 0.15) is 5.69 Å². The summed E-state index contributed by atoms with van der Waals surface area (Å²) in [6, 6.07) is 7.30. The molecule has 0 fully saturated rings. The van der Waals surface area contributed by atoms with Gasteiger partial charge in [-0.2, -0.15) is 4.68 Å². The molecule has 0 radical (unpaired) electrons. The Bertz CT molecular complexity index is 750. The number of aliphatic carboxylic acids is 1. The number of rotatable bonds is 6. The predicted molar refractivity (Wildman–Crippen MR) is 83.4 cm³/mol. The van der Waals surface area contributed by atoms with Crippen LogP contribution < -0.4 is 11.4 Å². The van der Waals surface area contributed by atoms with Crippen molar-refractivity contribution in [1.29, 1.82) is 0 Å². The number of carboxylic acid groups (broad SMARTS) is 1. The van der Waals surface area contributed by atoms with Crippen LogP contribution in [0.2, 0.25) is 5.02 Å². The number of nitrogens with two attached hydrogens (primary N) is 1. The van der Waals surface area contributed by atoms with E-state index in [9.17, 15) is 9.59 Å². The maximum atomic E-state index is 12.0. The Morgan fingerprint density at radius 2 is 2.18 bits per heavy atom. The van der Waals surface area contributed by atoms with Crippen LogP contribution in [0.15, 0.2) is 34.2 Å². The van der Waals surface area contributed by atoms with Gasteiger partial charge in [0, 0.05) is 17.2 Å². The van der Waals surface area contributed by atoms with E-state index in [1.54, 1.807) is 6.07 Å². The van der Waals surface area contributed by atoms with Gasteiger partial charge in [0.05, 0.1) is 6.42 Å². The number of aryl methyl sites for hydroxylation is 1. The molecule has 0 amide bonds. The second kappa shape index (κ2) is 7.28. The third-order valence-electron chi connectivity index (χ3n) is 2.76. The molecular formula is C13H13ClN4O3S. The van der Waals surface area contributed by atoms with Crippen LogP contribution in [0.25, 0.3) is 0 Å². The summed E-state index contributed by atoms with van der Waals surface area (Å²) in [6.45, 7) is 0. The molecule has 9 heteroatoms. The lowest BCUT2D eigenvalue weighted by Crippen LogP contribution is -2.33. The molecule has 7 nitrogen and oxygen atoms in total. The topological polar surface area (TPSA) is 111 Å². The van der Waals surface area contributed by atoms with E-state index in [1.165, 1.54) is 11.8 Å². The maximum absolute atomic E-state index is 12.0. The number of carboxylic acids is 1. The Labute approximate surface area is 135 Å². The van der Waals surface area contributed by atoms with Crippen LogP contribution in [0.3, 0.4) is 0 Å². The highest BCUT2D eigenvalue weighted by Crippen LogP contribution is 2.20. The summed E-state index contributed by atoms with van der Waals surface area (Å²) in [6.07, 6.45) is -0.198. The fourth-order valence-electron chi connectivity index (χ4n) is 1.68. The van der Waals surface area contributed by atoms with Crippen LogP contribution in [0.5, 0.6) is 0 Å². The van der Waals surface area contributed by atoms with E-state index >= 15 is 0 Å². The van der Waals surface area contributed by atoms with Gasteiger partial charge in [-0.25, -0.2) is 0 Å². The number of hydrogen-bond donors (Lipinski definition) is 2. The van der Waals surface area contributed by atoms with Crippen LogP contribution in [0, 0.1) is 0 Å². The first-order valence-electron chi connectivity index (χ1n) is 6.30. The molecule has 0 saturated heterocycles. The molecule has 0 aliphatic carbocycles. The molecule has 116 valence electrons. The van der Waals surface area contributed by atoms with Gasteiger partial charge in [-0.1, -0.05) is 35.5 Å². The zero-order valence-electron chi connectivity index (χ0n) is 11.4. The minimum Gasteiger partial charge on any atom is -0.481 e. The predicted octanol–water partition coefficient (Wildman–Crippen LogP) is 1.31. The summed E-state index contributed by atoms with van der Waals surface area (Å²) in [4.78, 5) is 22.5. The average Bonchev–Trinajstić information content (AvgIpc) is 2.47. The fraction of sp³-hybridized carbons (Fsp3) is 0.231. The van der Waals surface area contributed by atoms with Gasteiger partial charge in [-0.05, 0) is 17.7 Å². The Morgan fingerprint density at radius 1 is 1.41 bits per heavy atom. The van der Waals surface area contributed by atoms with Crippen LogP contribution in [0.4, 0.5) is 0 Å². The molecule has 0 aliphatic heterocycles. The fourth-order valence-corrected chi connectivity index (χ4v) is 2.68. The van der Waals surface area contributed by atoms with Crippen LogP contribution in [-0.2, 0) is 17.0 Å². The molecule has 1 aromatic heterocycles. The summed E-state index contributed by atoms with van der Waals surface area (Å²) in [5, 5.41) is 17.1. The zero-order valence-corrected chi connectivity index (χ0v) is 13.0. The highest BCUT2D eigenvalue weighted by molar-refractivity contribution is 7.98. The van der Waals surface area contributed by atoms with Gasteiger partial charge in [-0.15, -0.1) is 10.2 Å². The summed E-state index contributed by atoms with van der Waals surface area (Å²) in [5.41, 5.74) is 0.462. The van der Waals surface area contributed by atoms with Gasteiger partial charge in [0.15, 0.2) is 0 Å². The van der Waals surface area contributed by atoms with Crippen molar-refractivity contribution in [2.24, 2.45) is 0 Å². The molecule has 2 rings (SSSR count). The molecule has 0 atom stereocenters. The quantitative estimate of drug-likeness (QED) is 0.602. The van der Waals surface area contributed by atoms with Gasteiger partial charge in [0.25, 0.3) is 5.56 Å². The Hall–Kier alpha value is -2.06. The molecule has 0 spiro atoms. The maximum Gasteiger partial charge on any atom is 0.303 e. The Kier molecular flexibility index (Phi) is 5.40. The van der Waals surface area contributed by atoms with E-state index in [0.29, 0.717) is 10.8 Å². The number of benzene rings is 1. The molecule has 0 bridgehead atoms. The SMILES string of the molecule is Nn1c(SCc2cccc(Cl)c2)nnc(CCC(=O)O)c1=O. The highest BCUT2D eigenvalue weighted by Gasteiger charge is 2.12. The van der Waals surface area contributed by atoms with E-state index < -0.39 is 11.5 Å². The smallest absolute Gasteiger partial charge is 0.303 e. The minimum atomic E-state index is -1.01. The van der Waals surface area contributed by atoms with Gasteiger partial charge >= 0.3 is 5.97 Å². The van der Waals surface area contributed by atoms with E-state index in [-0.39, 0.29) is 23.7 Å². The van der Waals surface area contributed by atoms with Crippen molar-refractivity contribution in [1.82, 2.24) is 14.9 Å². The molecule has 22 heavy (non-hydrogen) atoms. The van der Waals surface area contributed by atoms with E-state index in [1.807, 2.05) is 18.2 Å². The normalized spacial score (nSPS) is 10.6. The first-order valence-corrected chi connectivity index (χ1v) is 7.66. The van der Waals surface area contributed by atoms with Crippen LogP contribution >= 0.6 is 23.4 Å². The number of carbonyl (C=O) groups is 1. The molecular weight excluding hydrogens is 328 g/mol. The first-order chi connectivity index (χ1) is 10.5. The molecule has 2 aromatic rings. The lowest BCUT2D eigenvalue weighted by atomic mass is 10.2. The first kappa shape index (κ1) is 16.3. The second-order valence-electron chi connectivity index (χ2n) is 4.42. The molecule has 3 N–H and O–H groups in total. The van der Waals surface area contributed by atoms with Crippen molar-refractivity contribution in [2.45, 2.75) is 23.8 Å². The van der Waals surface area contributed by atoms with Crippen LogP contribution in [0.1, 0.15) is 17.7 Å². The average molecular weight is 341 g/mol. The highest BCUT2D eigenvalue weighted by atomic mass is 35.5. The minimum absolute atomic E-state index is 0.00237. The number of nitrogen functional groups attached to an aromatic ring is 1. The van der Waals surface area contributed by atoms with Crippen molar-refractivity contribution in [3.63, 3.8) is 0 Å². The van der Waals surface area contributed by atoms with E-state index in [4.69, 9.17) is 22.6 Å². The summed E-state index contributed by atoms with van der Waals surface area (Å²) >= 11 is 7.14. The number of nitrogens with zero attached hydrogens (tertiary/aromatic N) is 3. The third kappa shape index (κ3) is 4.22. The standard InChI is InChI=1S/C13H13ClN4O3S/c14-9-3-1-2-8(6-9)7-22-13-17-16-10(4-5-11(19)20)12(21)18(13)15/h1-3,6H,4-5,7,15H2,(H,19,20). The number of aromatic nitrogens is 3.